The number of carbonyl (C=O) groups is 1. The molecule has 1 saturated carbocycles. The molecule has 1 amide bonds. The van der Waals surface area contributed by atoms with E-state index < -0.39 is 0 Å². The van der Waals surface area contributed by atoms with Gasteiger partial charge in [-0.2, -0.15) is 0 Å². The van der Waals surface area contributed by atoms with Gasteiger partial charge in [0.25, 0.3) is 0 Å². The van der Waals surface area contributed by atoms with Gasteiger partial charge in [-0.1, -0.05) is 19.3 Å². The average molecular weight is 240 g/mol. The molecule has 2 fully saturated rings. The summed E-state index contributed by atoms with van der Waals surface area (Å²) in [5, 5.41) is 3.08. The molecule has 1 aliphatic carbocycles. The van der Waals surface area contributed by atoms with E-state index in [1.54, 1.807) is 0 Å². The Hall–Kier alpha value is -0.610. The zero-order valence-electron chi connectivity index (χ0n) is 10.7. The summed E-state index contributed by atoms with van der Waals surface area (Å²) in [5.41, 5.74) is 6.10. The lowest BCUT2D eigenvalue weighted by molar-refractivity contribution is -0.132. The highest BCUT2D eigenvalue weighted by atomic mass is 16.5. The summed E-state index contributed by atoms with van der Waals surface area (Å²) < 4.78 is 5.58. The van der Waals surface area contributed by atoms with Crippen LogP contribution >= 0.6 is 0 Å². The second-order valence-corrected chi connectivity index (χ2v) is 5.43. The molecule has 0 aromatic carbocycles. The van der Waals surface area contributed by atoms with Gasteiger partial charge in [-0.05, 0) is 32.6 Å². The maximum Gasteiger partial charge on any atom is 0.249 e. The van der Waals surface area contributed by atoms with Crippen LogP contribution in [0.3, 0.4) is 0 Å². The van der Waals surface area contributed by atoms with Crippen LogP contribution in [0.15, 0.2) is 0 Å². The van der Waals surface area contributed by atoms with Crippen molar-refractivity contribution in [1.29, 1.82) is 0 Å². The van der Waals surface area contributed by atoms with Gasteiger partial charge >= 0.3 is 0 Å². The zero-order valence-corrected chi connectivity index (χ0v) is 10.7. The van der Waals surface area contributed by atoms with Crippen LogP contribution in [0, 0.1) is 0 Å². The summed E-state index contributed by atoms with van der Waals surface area (Å²) in [7, 11) is 0. The second kappa shape index (κ2) is 5.83. The molecule has 98 valence electrons. The molecule has 1 saturated heterocycles. The fourth-order valence-electron chi connectivity index (χ4n) is 2.79. The fraction of sp³-hybridized carbons (Fsp3) is 0.923. The van der Waals surface area contributed by atoms with E-state index in [1.165, 1.54) is 19.3 Å². The van der Waals surface area contributed by atoms with Crippen molar-refractivity contribution in [2.24, 2.45) is 5.73 Å². The van der Waals surface area contributed by atoms with Crippen LogP contribution in [0.2, 0.25) is 0 Å². The van der Waals surface area contributed by atoms with Crippen molar-refractivity contribution in [1.82, 2.24) is 5.32 Å². The van der Waals surface area contributed by atoms with Gasteiger partial charge in [0.1, 0.15) is 6.10 Å². The predicted molar refractivity (Wildman–Crippen MR) is 66.6 cm³/mol. The van der Waals surface area contributed by atoms with Crippen molar-refractivity contribution >= 4 is 5.91 Å². The summed E-state index contributed by atoms with van der Waals surface area (Å²) in [5.74, 6) is 0.0386. The molecular weight excluding hydrogens is 216 g/mol. The van der Waals surface area contributed by atoms with Crippen LogP contribution < -0.4 is 11.1 Å². The lowest BCUT2D eigenvalue weighted by Crippen LogP contribution is -2.49. The van der Waals surface area contributed by atoms with Crippen LogP contribution in [-0.4, -0.2) is 30.2 Å². The molecule has 0 spiro atoms. The normalized spacial score (nSPS) is 38.7. The van der Waals surface area contributed by atoms with Crippen LogP contribution in [0.4, 0.5) is 0 Å². The van der Waals surface area contributed by atoms with Crippen molar-refractivity contribution < 1.29 is 9.53 Å². The highest BCUT2D eigenvalue weighted by molar-refractivity contribution is 5.81. The van der Waals surface area contributed by atoms with Gasteiger partial charge < -0.3 is 15.8 Å². The van der Waals surface area contributed by atoms with E-state index in [2.05, 4.69) is 5.32 Å². The monoisotopic (exact) mass is 240 g/mol. The fourth-order valence-corrected chi connectivity index (χ4v) is 2.79. The summed E-state index contributed by atoms with van der Waals surface area (Å²) in [6, 6.07) is 0.254. The number of amides is 1. The van der Waals surface area contributed by atoms with Crippen molar-refractivity contribution in [3.05, 3.63) is 0 Å². The van der Waals surface area contributed by atoms with Crippen molar-refractivity contribution in [3.63, 3.8) is 0 Å². The van der Waals surface area contributed by atoms with Gasteiger partial charge in [-0.25, -0.2) is 0 Å². The molecule has 0 aromatic rings. The Balaban J connectivity index is 1.84. The lowest BCUT2D eigenvalue weighted by atomic mass is 10.0. The Morgan fingerprint density at radius 3 is 2.65 bits per heavy atom. The van der Waals surface area contributed by atoms with Gasteiger partial charge in [-0.3, -0.25) is 4.79 Å². The molecule has 4 nitrogen and oxygen atoms in total. The number of rotatable bonds is 2. The van der Waals surface area contributed by atoms with Crippen molar-refractivity contribution in [2.75, 3.05) is 0 Å². The first-order valence-electron chi connectivity index (χ1n) is 6.88. The van der Waals surface area contributed by atoms with Crippen LogP contribution in [-0.2, 0) is 9.53 Å². The molecule has 2 rings (SSSR count). The first-order valence-corrected chi connectivity index (χ1v) is 6.88. The minimum atomic E-state index is -0.250. The Morgan fingerprint density at radius 2 is 1.94 bits per heavy atom. The quantitative estimate of drug-likeness (QED) is 0.716. The molecule has 0 aromatic heterocycles. The Bertz CT molecular complexity index is 270. The second-order valence-electron chi connectivity index (χ2n) is 5.43. The third-order valence-corrected chi connectivity index (χ3v) is 3.92. The molecule has 4 heteroatoms. The largest absolute Gasteiger partial charge is 0.365 e. The number of ether oxygens (including phenoxy) is 1. The molecule has 0 radical (unpaired) electrons. The molecule has 1 heterocycles. The molecule has 2 aliphatic rings. The van der Waals surface area contributed by atoms with Gasteiger partial charge in [0.2, 0.25) is 5.91 Å². The van der Waals surface area contributed by atoms with Crippen LogP contribution in [0.5, 0.6) is 0 Å². The first kappa shape index (κ1) is 12.8. The summed E-state index contributed by atoms with van der Waals surface area (Å²) in [4.78, 5) is 12.0. The number of nitrogens with one attached hydrogen (secondary N) is 1. The van der Waals surface area contributed by atoms with Gasteiger partial charge in [-0.15, -0.1) is 0 Å². The summed E-state index contributed by atoms with van der Waals surface area (Å²) in [6.07, 6.45) is 7.41. The van der Waals surface area contributed by atoms with E-state index in [4.69, 9.17) is 10.5 Å². The minimum Gasteiger partial charge on any atom is -0.365 e. The van der Waals surface area contributed by atoms with Crippen LogP contribution in [0.25, 0.3) is 0 Å². The molecule has 17 heavy (non-hydrogen) atoms. The van der Waals surface area contributed by atoms with E-state index in [0.29, 0.717) is 0 Å². The van der Waals surface area contributed by atoms with Gasteiger partial charge in [0.15, 0.2) is 0 Å². The average Bonchev–Trinajstić information content (AvgIpc) is 2.63. The van der Waals surface area contributed by atoms with Crippen molar-refractivity contribution in [2.45, 2.75) is 76.2 Å². The first-order chi connectivity index (χ1) is 8.16. The molecule has 1 aliphatic heterocycles. The number of nitrogens with two attached hydrogens (primary N) is 1. The zero-order chi connectivity index (χ0) is 12.3. The van der Waals surface area contributed by atoms with Gasteiger partial charge in [0.05, 0.1) is 6.10 Å². The molecular formula is C13H24N2O2. The third kappa shape index (κ3) is 3.42. The minimum absolute atomic E-state index is 0.0386. The number of carbonyl (C=O) groups excluding carboxylic acids is 1. The van der Waals surface area contributed by atoms with Gasteiger partial charge in [0, 0.05) is 12.1 Å². The van der Waals surface area contributed by atoms with E-state index >= 15 is 0 Å². The van der Waals surface area contributed by atoms with E-state index in [-0.39, 0.29) is 30.2 Å². The lowest BCUT2D eigenvalue weighted by Gasteiger charge is -2.24. The number of hydrogen-bond acceptors (Lipinski definition) is 3. The Labute approximate surface area is 103 Å². The van der Waals surface area contributed by atoms with E-state index in [1.807, 2.05) is 6.92 Å². The highest BCUT2D eigenvalue weighted by Crippen LogP contribution is 2.21. The summed E-state index contributed by atoms with van der Waals surface area (Å²) in [6.45, 7) is 2.02. The Morgan fingerprint density at radius 1 is 1.18 bits per heavy atom. The standard InChI is InChI=1S/C13H24N2O2/c1-9-7-8-12(17-9)13(16)15-11-6-4-2-3-5-10(11)14/h9-12H,2-8,14H2,1H3,(H,15,16). The molecule has 0 bridgehead atoms. The predicted octanol–water partition coefficient (Wildman–Crippen LogP) is 1.33. The van der Waals surface area contributed by atoms with Crippen LogP contribution in [0.1, 0.15) is 51.9 Å². The third-order valence-electron chi connectivity index (χ3n) is 3.92. The molecule has 4 unspecified atom stereocenters. The topological polar surface area (TPSA) is 64.4 Å². The highest BCUT2D eigenvalue weighted by Gasteiger charge is 2.31. The molecule has 3 N–H and O–H groups in total. The summed E-state index contributed by atoms with van der Waals surface area (Å²) >= 11 is 0. The van der Waals surface area contributed by atoms with E-state index in [0.717, 1.165) is 25.7 Å². The molecule has 4 atom stereocenters. The van der Waals surface area contributed by atoms with Crippen molar-refractivity contribution in [3.8, 4) is 0 Å². The SMILES string of the molecule is CC1CCC(C(=O)NC2CCCCCC2N)O1. The maximum absolute atomic E-state index is 12.0. The maximum atomic E-state index is 12.0. The Kier molecular flexibility index (Phi) is 4.40. The number of hydrogen-bond donors (Lipinski definition) is 2. The van der Waals surface area contributed by atoms with E-state index in [9.17, 15) is 4.79 Å². The smallest absolute Gasteiger partial charge is 0.249 e.